The first-order chi connectivity index (χ1) is 11.0. The van der Waals surface area contributed by atoms with Gasteiger partial charge in [0.2, 0.25) is 0 Å². The molecule has 0 radical (unpaired) electrons. The van der Waals surface area contributed by atoms with E-state index in [1.807, 2.05) is 0 Å². The van der Waals surface area contributed by atoms with E-state index >= 15 is 0 Å². The summed E-state index contributed by atoms with van der Waals surface area (Å²) in [5.74, 6) is -2.48. The van der Waals surface area contributed by atoms with Gasteiger partial charge in [-0.05, 0) is 25.7 Å². The fourth-order valence-electron chi connectivity index (χ4n) is 2.67. The lowest BCUT2D eigenvalue weighted by Gasteiger charge is -2.27. The van der Waals surface area contributed by atoms with Crippen molar-refractivity contribution in [3.63, 3.8) is 0 Å². The Morgan fingerprint density at radius 3 is 2.30 bits per heavy atom. The summed E-state index contributed by atoms with van der Waals surface area (Å²) in [6.07, 6.45) is 1.74. The molecule has 0 atom stereocenters. The number of aliphatic carboxylic acids is 1. The minimum absolute atomic E-state index is 0.0648. The van der Waals surface area contributed by atoms with Crippen molar-refractivity contribution in [2.24, 2.45) is 5.92 Å². The summed E-state index contributed by atoms with van der Waals surface area (Å²) in [6.45, 7) is 0. The molecule has 0 heterocycles. The summed E-state index contributed by atoms with van der Waals surface area (Å²) in [4.78, 5) is 22.7. The van der Waals surface area contributed by atoms with Gasteiger partial charge in [0.15, 0.2) is 11.6 Å². The number of carbonyl (C=O) groups is 2. The molecule has 1 N–H and O–H groups in total. The van der Waals surface area contributed by atoms with Crippen LogP contribution in [0.15, 0.2) is 12.1 Å². The van der Waals surface area contributed by atoms with Crippen LogP contribution < -0.4 is 9.47 Å². The van der Waals surface area contributed by atoms with Gasteiger partial charge in [-0.15, -0.1) is 0 Å². The molecule has 0 saturated heterocycles. The van der Waals surface area contributed by atoms with Gasteiger partial charge in [0.05, 0.1) is 26.2 Å². The Morgan fingerprint density at radius 2 is 1.78 bits per heavy atom. The SMILES string of the molecule is COC(=O)c1cc(OC2CCC(C(=O)O)CC2)c(F)cc1OC. The summed E-state index contributed by atoms with van der Waals surface area (Å²) in [6, 6.07) is 2.33. The first kappa shape index (κ1) is 17.1. The molecule has 1 fully saturated rings. The van der Waals surface area contributed by atoms with Gasteiger partial charge in [-0.1, -0.05) is 0 Å². The highest BCUT2D eigenvalue weighted by atomic mass is 19.1. The summed E-state index contributed by atoms with van der Waals surface area (Å²) in [5.41, 5.74) is 0.0746. The van der Waals surface area contributed by atoms with Crippen molar-refractivity contribution in [3.05, 3.63) is 23.5 Å². The van der Waals surface area contributed by atoms with E-state index < -0.39 is 17.8 Å². The molecular formula is C16H19FO6. The van der Waals surface area contributed by atoms with Crippen molar-refractivity contribution in [2.75, 3.05) is 14.2 Å². The third kappa shape index (κ3) is 3.91. The first-order valence-corrected chi connectivity index (χ1v) is 7.31. The predicted octanol–water partition coefficient (Wildman–Crippen LogP) is 2.64. The minimum Gasteiger partial charge on any atom is -0.496 e. The molecule has 23 heavy (non-hydrogen) atoms. The van der Waals surface area contributed by atoms with Crippen molar-refractivity contribution in [3.8, 4) is 11.5 Å². The Balaban J connectivity index is 2.14. The highest BCUT2D eigenvalue weighted by Crippen LogP contribution is 2.32. The first-order valence-electron chi connectivity index (χ1n) is 7.31. The summed E-state index contributed by atoms with van der Waals surface area (Å²) >= 11 is 0. The van der Waals surface area contributed by atoms with Crippen molar-refractivity contribution >= 4 is 11.9 Å². The average molecular weight is 326 g/mol. The average Bonchev–Trinajstić information content (AvgIpc) is 2.56. The molecule has 7 heteroatoms. The third-order valence-electron chi connectivity index (χ3n) is 3.98. The number of esters is 1. The molecule has 0 spiro atoms. The van der Waals surface area contributed by atoms with Gasteiger partial charge in [0.25, 0.3) is 0 Å². The molecule has 1 aromatic rings. The second-order valence-electron chi connectivity index (χ2n) is 5.40. The smallest absolute Gasteiger partial charge is 0.341 e. The molecule has 126 valence electrons. The number of hydrogen-bond donors (Lipinski definition) is 1. The van der Waals surface area contributed by atoms with Crippen LogP contribution >= 0.6 is 0 Å². The molecule has 0 aromatic heterocycles. The molecule has 1 aromatic carbocycles. The highest BCUT2D eigenvalue weighted by molar-refractivity contribution is 5.93. The zero-order valence-electron chi connectivity index (χ0n) is 13.0. The number of carboxylic acid groups (broad SMARTS) is 1. The number of methoxy groups -OCH3 is 2. The van der Waals surface area contributed by atoms with Gasteiger partial charge in [0.1, 0.15) is 11.3 Å². The molecule has 0 bridgehead atoms. The Labute approximate surface area is 133 Å². The second-order valence-corrected chi connectivity index (χ2v) is 5.40. The molecule has 0 amide bonds. The Hall–Kier alpha value is -2.31. The summed E-state index contributed by atoms with van der Waals surface area (Å²) < 4.78 is 29.3. The number of carboxylic acids is 1. The lowest BCUT2D eigenvalue weighted by atomic mass is 9.87. The standard InChI is InChI=1S/C16H19FO6/c1-21-13-8-12(17)14(7-11(13)16(20)22-2)23-10-5-3-9(4-6-10)15(18)19/h7-10H,3-6H2,1-2H3,(H,18,19). The maximum Gasteiger partial charge on any atom is 0.341 e. The van der Waals surface area contributed by atoms with Crippen LogP contribution in [0.4, 0.5) is 4.39 Å². The maximum absolute atomic E-state index is 14.1. The molecule has 0 unspecified atom stereocenters. The number of rotatable bonds is 5. The van der Waals surface area contributed by atoms with Gasteiger partial charge in [0, 0.05) is 12.1 Å². The van der Waals surface area contributed by atoms with Gasteiger partial charge in [-0.25, -0.2) is 9.18 Å². The van der Waals surface area contributed by atoms with Gasteiger partial charge in [-0.3, -0.25) is 4.79 Å². The van der Waals surface area contributed by atoms with E-state index in [9.17, 15) is 14.0 Å². The highest BCUT2D eigenvalue weighted by Gasteiger charge is 2.28. The molecule has 1 saturated carbocycles. The minimum atomic E-state index is -0.813. The third-order valence-corrected chi connectivity index (χ3v) is 3.98. The van der Waals surface area contributed by atoms with Gasteiger partial charge < -0.3 is 19.3 Å². The molecule has 1 aliphatic carbocycles. The van der Waals surface area contributed by atoms with E-state index in [1.54, 1.807) is 0 Å². The van der Waals surface area contributed by atoms with Crippen LogP contribution in [0.3, 0.4) is 0 Å². The van der Waals surface area contributed by atoms with Crippen LogP contribution in [0.2, 0.25) is 0 Å². The van der Waals surface area contributed by atoms with E-state index in [4.69, 9.17) is 14.6 Å². The largest absolute Gasteiger partial charge is 0.496 e. The monoisotopic (exact) mass is 326 g/mol. The summed E-state index contributed by atoms with van der Waals surface area (Å²) in [7, 11) is 2.55. The summed E-state index contributed by atoms with van der Waals surface area (Å²) in [5, 5.41) is 8.97. The number of halogens is 1. The number of hydrogen-bond acceptors (Lipinski definition) is 5. The fourth-order valence-corrected chi connectivity index (χ4v) is 2.67. The van der Waals surface area contributed by atoms with Crippen LogP contribution in [-0.2, 0) is 9.53 Å². The number of ether oxygens (including phenoxy) is 3. The number of benzene rings is 1. The van der Waals surface area contributed by atoms with Crippen molar-refractivity contribution in [1.29, 1.82) is 0 Å². The van der Waals surface area contributed by atoms with Gasteiger partial charge >= 0.3 is 11.9 Å². The van der Waals surface area contributed by atoms with E-state index in [1.165, 1.54) is 20.3 Å². The van der Waals surface area contributed by atoms with Gasteiger partial charge in [-0.2, -0.15) is 0 Å². The molecule has 1 aliphatic rings. The Morgan fingerprint density at radius 1 is 1.13 bits per heavy atom. The lowest BCUT2D eigenvalue weighted by Crippen LogP contribution is -2.28. The fraction of sp³-hybridized carbons (Fsp3) is 0.500. The number of carbonyl (C=O) groups excluding carboxylic acids is 1. The van der Waals surface area contributed by atoms with Crippen LogP contribution in [0.1, 0.15) is 36.0 Å². The molecule has 2 rings (SSSR count). The van der Waals surface area contributed by atoms with Crippen molar-refractivity contribution in [2.45, 2.75) is 31.8 Å². The van der Waals surface area contributed by atoms with Crippen molar-refractivity contribution < 1.29 is 33.3 Å². The van der Waals surface area contributed by atoms with E-state index in [-0.39, 0.29) is 29.1 Å². The van der Waals surface area contributed by atoms with E-state index in [0.29, 0.717) is 25.7 Å². The van der Waals surface area contributed by atoms with Crippen LogP contribution in [0.5, 0.6) is 11.5 Å². The Kier molecular flexibility index (Phi) is 5.41. The van der Waals surface area contributed by atoms with Crippen molar-refractivity contribution in [1.82, 2.24) is 0 Å². The van der Waals surface area contributed by atoms with Crippen LogP contribution in [0.25, 0.3) is 0 Å². The zero-order valence-corrected chi connectivity index (χ0v) is 13.0. The predicted molar refractivity (Wildman–Crippen MR) is 78.3 cm³/mol. The van der Waals surface area contributed by atoms with Crippen LogP contribution in [-0.4, -0.2) is 37.4 Å². The van der Waals surface area contributed by atoms with E-state index in [0.717, 1.165) is 6.07 Å². The molecule has 6 nitrogen and oxygen atoms in total. The zero-order chi connectivity index (χ0) is 17.0. The molecule has 0 aliphatic heterocycles. The maximum atomic E-state index is 14.1. The normalized spacial score (nSPS) is 20.7. The quantitative estimate of drug-likeness (QED) is 0.838. The second kappa shape index (κ2) is 7.30. The Bertz CT molecular complexity index is 592. The topological polar surface area (TPSA) is 82.1 Å². The molecular weight excluding hydrogens is 307 g/mol. The lowest BCUT2D eigenvalue weighted by molar-refractivity contribution is -0.143. The van der Waals surface area contributed by atoms with E-state index in [2.05, 4.69) is 4.74 Å². The van der Waals surface area contributed by atoms with Crippen LogP contribution in [0, 0.1) is 11.7 Å².